The van der Waals surface area contributed by atoms with Gasteiger partial charge in [0.25, 0.3) is 0 Å². The Balaban J connectivity index is 1.70. The van der Waals surface area contributed by atoms with Crippen LogP contribution in [-0.2, 0) is 15.4 Å². The highest BCUT2D eigenvalue weighted by Crippen LogP contribution is 2.27. The zero-order chi connectivity index (χ0) is 15.3. The van der Waals surface area contributed by atoms with E-state index >= 15 is 0 Å². The van der Waals surface area contributed by atoms with Gasteiger partial charge in [0.2, 0.25) is 0 Å². The van der Waals surface area contributed by atoms with Crippen LogP contribution in [0.5, 0.6) is 0 Å². The summed E-state index contributed by atoms with van der Waals surface area (Å²) in [5.74, 6) is 0.922. The minimum absolute atomic E-state index is 0.141. The molecule has 1 aromatic carbocycles. The van der Waals surface area contributed by atoms with Gasteiger partial charge in [0, 0.05) is 24.1 Å². The first kappa shape index (κ1) is 16.4. The van der Waals surface area contributed by atoms with Crippen molar-refractivity contribution in [3.05, 3.63) is 35.9 Å². The zero-order valence-corrected chi connectivity index (χ0v) is 14.0. The van der Waals surface area contributed by atoms with Crippen LogP contribution in [0.1, 0.15) is 39.2 Å². The Morgan fingerprint density at radius 3 is 2.43 bits per heavy atom. The number of hydrogen-bond acceptors (Lipinski definition) is 4. The van der Waals surface area contributed by atoms with E-state index in [1.54, 1.807) is 0 Å². The van der Waals surface area contributed by atoms with E-state index in [9.17, 15) is 4.79 Å². The van der Waals surface area contributed by atoms with Crippen LogP contribution in [0.2, 0.25) is 0 Å². The maximum absolute atomic E-state index is 11.9. The molecule has 0 spiro atoms. The SMILES string of the molecule is CC(C)(C)C(=O)ON1CCC(SCc2ccccc2)CC1. The Bertz CT molecular complexity index is 448. The summed E-state index contributed by atoms with van der Waals surface area (Å²) in [5, 5.41) is 2.49. The monoisotopic (exact) mass is 307 g/mol. The van der Waals surface area contributed by atoms with E-state index in [-0.39, 0.29) is 5.97 Å². The van der Waals surface area contributed by atoms with Gasteiger partial charge in [-0.15, -0.1) is 5.06 Å². The fourth-order valence-electron chi connectivity index (χ4n) is 2.13. The van der Waals surface area contributed by atoms with Gasteiger partial charge in [-0.25, -0.2) is 4.79 Å². The van der Waals surface area contributed by atoms with E-state index < -0.39 is 5.41 Å². The normalized spacial score (nSPS) is 17.7. The van der Waals surface area contributed by atoms with Crippen LogP contribution >= 0.6 is 11.8 Å². The van der Waals surface area contributed by atoms with Crippen LogP contribution in [0.15, 0.2) is 30.3 Å². The summed E-state index contributed by atoms with van der Waals surface area (Å²) < 4.78 is 0. The zero-order valence-electron chi connectivity index (χ0n) is 13.2. The quantitative estimate of drug-likeness (QED) is 0.844. The Morgan fingerprint density at radius 1 is 1.24 bits per heavy atom. The molecule has 1 heterocycles. The number of rotatable bonds is 4. The van der Waals surface area contributed by atoms with Crippen LogP contribution in [0.4, 0.5) is 0 Å². The first-order valence-electron chi connectivity index (χ1n) is 7.58. The van der Waals surface area contributed by atoms with Gasteiger partial charge in [-0.3, -0.25) is 0 Å². The largest absolute Gasteiger partial charge is 0.367 e. The van der Waals surface area contributed by atoms with E-state index in [0.717, 1.165) is 31.7 Å². The molecule has 3 nitrogen and oxygen atoms in total. The highest BCUT2D eigenvalue weighted by molar-refractivity contribution is 7.99. The fraction of sp³-hybridized carbons (Fsp3) is 0.588. The molecule has 1 aliphatic heterocycles. The summed E-state index contributed by atoms with van der Waals surface area (Å²) in [4.78, 5) is 17.3. The Labute approximate surface area is 132 Å². The van der Waals surface area contributed by atoms with Gasteiger partial charge in [-0.05, 0) is 39.2 Å². The predicted octanol–water partition coefficient (Wildman–Crippen LogP) is 3.89. The van der Waals surface area contributed by atoms with Crippen LogP contribution in [0.25, 0.3) is 0 Å². The molecule has 0 aliphatic carbocycles. The van der Waals surface area contributed by atoms with Crippen molar-refractivity contribution in [2.75, 3.05) is 13.1 Å². The highest BCUT2D eigenvalue weighted by Gasteiger charge is 2.28. The molecule has 1 fully saturated rings. The number of thioether (sulfide) groups is 1. The van der Waals surface area contributed by atoms with E-state index in [1.165, 1.54) is 5.56 Å². The molecule has 4 heteroatoms. The summed E-state index contributed by atoms with van der Waals surface area (Å²) in [7, 11) is 0. The number of hydroxylamine groups is 2. The molecule has 0 amide bonds. The smallest absolute Gasteiger partial charge is 0.330 e. The highest BCUT2D eigenvalue weighted by atomic mass is 32.2. The molecule has 0 bridgehead atoms. The molecular weight excluding hydrogens is 282 g/mol. The number of carbonyl (C=O) groups is 1. The van der Waals surface area contributed by atoms with E-state index in [0.29, 0.717) is 5.25 Å². The number of piperidine rings is 1. The molecule has 116 valence electrons. The number of nitrogens with zero attached hydrogens (tertiary/aromatic N) is 1. The minimum Gasteiger partial charge on any atom is -0.367 e. The first-order chi connectivity index (χ1) is 9.95. The second kappa shape index (κ2) is 7.32. The molecule has 0 unspecified atom stereocenters. The van der Waals surface area contributed by atoms with E-state index in [4.69, 9.17) is 4.84 Å². The van der Waals surface area contributed by atoms with Gasteiger partial charge in [0.1, 0.15) is 0 Å². The fourth-order valence-corrected chi connectivity index (χ4v) is 3.30. The van der Waals surface area contributed by atoms with Crippen LogP contribution in [0, 0.1) is 5.41 Å². The van der Waals surface area contributed by atoms with Gasteiger partial charge in [0.05, 0.1) is 5.41 Å². The molecule has 0 atom stereocenters. The standard InChI is InChI=1S/C17H25NO2S/c1-17(2,3)16(19)20-18-11-9-15(10-12-18)21-13-14-7-5-4-6-8-14/h4-8,15H,9-13H2,1-3H3. The van der Waals surface area contributed by atoms with Gasteiger partial charge in [0.15, 0.2) is 0 Å². The van der Waals surface area contributed by atoms with Crippen LogP contribution in [-0.4, -0.2) is 29.4 Å². The van der Waals surface area contributed by atoms with E-state index in [2.05, 4.69) is 30.3 Å². The third kappa shape index (κ3) is 5.36. The molecule has 21 heavy (non-hydrogen) atoms. The van der Waals surface area contributed by atoms with Gasteiger partial charge < -0.3 is 4.84 Å². The van der Waals surface area contributed by atoms with Crippen molar-refractivity contribution in [1.29, 1.82) is 0 Å². The van der Waals surface area contributed by atoms with Crippen molar-refractivity contribution >= 4 is 17.7 Å². The maximum Gasteiger partial charge on any atom is 0.330 e. The molecule has 0 radical (unpaired) electrons. The van der Waals surface area contributed by atoms with Gasteiger partial charge in [-0.1, -0.05) is 30.3 Å². The first-order valence-corrected chi connectivity index (χ1v) is 8.63. The molecule has 1 saturated heterocycles. The minimum atomic E-state index is -0.432. The average Bonchev–Trinajstić information content (AvgIpc) is 2.46. The van der Waals surface area contributed by atoms with E-state index in [1.807, 2.05) is 37.6 Å². The summed E-state index contributed by atoms with van der Waals surface area (Å²) in [6.07, 6.45) is 2.16. The van der Waals surface area contributed by atoms with Crippen molar-refractivity contribution < 1.29 is 9.63 Å². The Morgan fingerprint density at radius 2 is 1.86 bits per heavy atom. The molecule has 1 aliphatic rings. The second-order valence-electron chi connectivity index (χ2n) is 6.55. The van der Waals surface area contributed by atoms with Crippen molar-refractivity contribution in [2.24, 2.45) is 5.41 Å². The Hall–Kier alpha value is -1.00. The second-order valence-corrected chi connectivity index (χ2v) is 7.84. The molecular formula is C17H25NO2S. The lowest BCUT2D eigenvalue weighted by Gasteiger charge is -2.31. The summed E-state index contributed by atoms with van der Waals surface area (Å²) >= 11 is 2.01. The third-order valence-electron chi connectivity index (χ3n) is 3.55. The van der Waals surface area contributed by atoms with Gasteiger partial charge in [-0.2, -0.15) is 11.8 Å². The number of carbonyl (C=O) groups excluding carboxylic acids is 1. The van der Waals surface area contributed by atoms with Crippen LogP contribution in [0.3, 0.4) is 0 Å². The molecule has 0 saturated carbocycles. The average molecular weight is 307 g/mol. The summed E-state index contributed by atoms with van der Waals surface area (Å²) in [6.45, 7) is 7.34. The van der Waals surface area contributed by atoms with Gasteiger partial charge >= 0.3 is 5.97 Å². The lowest BCUT2D eigenvalue weighted by molar-refractivity contribution is -0.203. The lowest BCUT2D eigenvalue weighted by Crippen LogP contribution is -2.39. The molecule has 0 aromatic heterocycles. The van der Waals surface area contributed by atoms with Crippen molar-refractivity contribution in [3.8, 4) is 0 Å². The topological polar surface area (TPSA) is 29.5 Å². The van der Waals surface area contributed by atoms with Crippen molar-refractivity contribution in [2.45, 2.75) is 44.6 Å². The van der Waals surface area contributed by atoms with Crippen molar-refractivity contribution in [1.82, 2.24) is 5.06 Å². The third-order valence-corrected chi connectivity index (χ3v) is 5.00. The molecule has 0 N–H and O–H groups in total. The van der Waals surface area contributed by atoms with Crippen LogP contribution < -0.4 is 0 Å². The molecule has 1 aromatic rings. The number of hydrogen-bond donors (Lipinski definition) is 0. The maximum atomic E-state index is 11.9. The lowest BCUT2D eigenvalue weighted by atomic mass is 9.98. The predicted molar refractivity (Wildman–Crippen MR) is 87.9 cm³/mol. The summed E-state index contributed by atoms with van der Waals surface area (Å²) in [5.41, 5.74) is 0.947. The van der Waals surface area contributed by atoms with Crippen molar-refractivity contribution in [3.63, 3.8) is 0 Å². The summed E-state index contributed by atoms with van der Waals surface area (Å²) in [6, 6.07) is 10.6. The number of benzene rings is 1. The molecule has 2 rings (SSSR count). The Kier molecular flexibility index (Phi) is 5.71.